The highest BCUT2D eigenvalue weighted by Crippen LogP contribution is 2.39. The van der Waals surface area contributed by atoms with Crippen molar-refractivity contribution in [3.63, 3.8) is 0 Å². The summed E-state index contributed by atoms with van der Waals surface area (Å²) in [5, 5.41) is 3.70. The van der Waals surface area contributed by atoms with E-state index in [1.807, 2.05) is 6.07 Å². The molecule has 106 valence electrons. The van der Waals surface area contributed by atoms with Gasteiger partial charge in [0, 0.05) is 24.5 Å². The lowest BCUT2D eigenvalue weighted by molar-refractivity contribution is 0.111. The van der Waals surface area contributed by atoms with Crippen LogP contribution in [0.25, 0.3) is 0 Å². The van der Waals surface area contributed by atoms with Gasteiger partial charge in [-0.05, 0) is 57.3 Å². The minimum absolute atomic E-state index is 0.577. The molecule has 0 saturated carbocycles. The maximum absolute atomic E-state index is 5.54. The average Bonchev–Trinajstić information content (AvgIpc) is 2.95. The SMILES string of the molecule is CCNC(Cc1ccco1)C1CC2CCC(C1)N2C. The topological polar surface area (TPSA) is 28.4 Å². The fourth-order valence-electron chi connectivity index (χ4n) is 4.10. The zero-order chi connectivity index (χ0) is 13.2. The predicted molar refractivity (Wildman–Crippen MR) is 77.2 cm³/mol. The van der Waals surface area contributed by atoms with Gasteiger partial charge in [0.05, 0.1) is 6.26 Å². The summed E-state index contributed by atoms with van der Waals surface area (Å²) in [5.74, 6) is 1.93. The Labute approximate surface area is 116 Å². The molecule has 2 saturated heterocycles. The Kier molecular flexibility index (Phi) is 3.94. The second-order valence-corrected chi connectivity index (χ2v) is 6.23. The van der Waals surface area contributed by atoms with Crippen molar-refractivity contribution in [2.75, 3.05) is 13.6 Å². The fourth-order valence-corrected chi connectivity index (χ4v) is 4.10. The highest BCUT2D eigenvalue weighted by atomic mass is 16.3. The van der Waals surface area contributed by atoms with Crippen LogP contribution in [0, 0.1) is 5.92 Å². The monoisotopic (exact) mass is 262 g/mol. The highest BCUT2D eigenvalue weighted by Gasteiger charge is 2.40. The lowest BCUT2D eigenvalue weighted by Gasteiger charge is -2.40. The quantitative estimate of drug-likeness (QED) is 0.884. The summed E-state index contributed by atoms with van der Waals surface area (Å²) in [6.07, 6.45) is 8.33. The van der Waals surface area contributed by atoms with Crippen LogP contribution in [-0.4, -0.2) is 36.6 Å². The van der Waals surface area contributed by atoms with Gasteiger partial charge in [-0.25, -0.2) is 0 Å². The van der Waals surface area contributed by atoms with Crippen molar-refractivity contribution in [1.82, 2.24) is 10.2 Å². The summed E-state index contributed by atoms with van der Waals surface area (Å²) in [6, 6.07) is 6.32. The normalized spacial score (nSPS) is 32.6. The van der Waals surface area contributed by atoms with Gasteiger partial charge in [0.1, 0.15) is 5.76 Å². The van der Waals surface area contributed by atoms with Gasteiger partial charge in [-0.1, -0.05) is 6.92 Å². The van der Waals surface area contributed by atoms with E-state index in [4.69, 9.17) is 4.42 Å². The van der Waals surface area contributed by atoms with Crippen LogP contribution in [0.2, 0.25) is 0 Å². The van der Waals surface area contributed by atoms with Crippen LogP contribution in [0.3, 0.4) is 0 Å². The smallest absolute Gasteiger partial charge is 0.105 e. The molecule has 1 aromatic rings. The first-order valence-corrected chi connectivity index (χ1v) is 7.75. The standard InChI is InChI=1S/C16H26N2O/c1-3-17-16(11-15-5-4-8-19-15)12-9-13-6-7-14(10-12)18(13)2/h4-5,8,12-14,16-17H,3,6-7,9-11H2,1-2H3. The summed E-state index contributed by atoms with van der Waals surface area (Å²) in [4.78, 5) is 2.62. The third kappa shape index (κ3) is 2.72. The molecule has 2 aliphatic heterocycles. The summed E-state index contributed by atoms with van der Waals surface area (Å²) >= 11 is 0. The average molecular weight is 262 g/mol. The summed E-state index contributed by atoms with van der Waals surface area (Å²) in [6.45, 7) is 3.26. The van der Waals surface area contributed by atoms with Crippen LogP contribution in [0.4, 0.5) is 0 Å². The number of piperidine rings is 1. The number of nitrogens with one attached hydrogen (secondary N) is 1. The largest absolute Gasteiger partial charge is 0.469 e. The van der Waals surface area contributed by atoms with Crippen LogP contribution < -0.4 is 5.32 Å². The van der Waals surface area contributed by atoms with Crippen molar-refractivity contribution in [3.05, 3.63) is 24.2 Å². The van der Waals surface area contributed by atoms with Crippen molar-refractivity contribution >= 4 is 0 Å². The van der Waals surface area contributed by atoms with Gasteiger partial charge in [-0.2, -0.15) is 0 Å². The number of hydrogen-bond donors (Lipinski definition) is 1. The van der Waals surface area contributed by atoms with Crippen LogP contribution in [0.5, 0.6) is 0 Å². The van der Waals surface area contributed by atoms with E-state index in [1.165, 1.54) is 25.7 Å². The Morgan fingerprint density at radius 3 is 2.68 bits per heavy atom. The Hall–Kier alpha value is -0.800. The Bertz CT molecular complexity index is 375. The minimum atomic E-state index is 0.577. The first kappa shape index (κ1) is 13.2. The van der Waals surface area contributed by atoms with E-state index in [2.05, 4.69) is 30.3 Å². The molecule has 1 N–H and O–H groups in total. The van der Waals surface area contributed by atoms with E-state index >= 15 is 0 Å². The Morgan fingerprint density at radius 1 is 1.37 bits per heavy atom. The molecule has 3 atom stereocenters. The van der Waals surface area contributed by atoms with Crippen molar-refractivity contribution in [2.24, 2.45) is 5.92 Å². The molecule has 19 heavy (non-hydrogen) atoms. The van der Waals surface area contributed by atoms with Gasteiger partial charge in [-0.3, -0.25) is 0 Å². The van der Waals surface area contributed by atoms with Gasteiger partial charge in [0.15, 0.2) is 0 Å². The van der Waals surface area contributed by atoms with Crippen molar-refractivity contribution in [1.29, 1.82) is 0 Å². The molecule has 0 amide bonds. The second-order valence-electron chi connectivity index (χ2n) is 6.23. The molecule has 3 nitrogen and oxygen atoms in total. The molecule has 3 heterocycles. The van der Waals surface area contributed by atoms with Crippen LogP contribution in [0.1, 0.15) is 38.4 Å². The number of fused-ring (bicyclic) bond motifs is 2. The molecule has 0 spiro atoms. The predicted octanol–water partition coefficient (Wildman–Crippen LogP) is 2.67. The van der Waals surface area contributed by atoms with Crippen LogP contribution in [-0.2, 0) is 6.42 Å². The van der Waals surface area contributed by atoms with E-state index in [0.29, 0.717) is 6.04 Å². The number of furan rings is 1. The molecular weight excluding hydrogens is 236 g/mol. The number of hydrogen-bond acceptors (Lipinski definition) is 3. The maximum Gasteiger partial charge on any atom is 0.105 e. The second kappa shape index (κ2) is 5.68. The zero-order valence-electron chi connectivity index (χ0n) is 12.1. The fraction of sp³-hybridized carbons (Fsp3) is 0.750. The van der Waals surface area contributed by atoms with Crippen molar-refractivity contribution < 1.29 is 4.42 Å². The van der Waals surface area contributed by atoms with Gasteiger partial charge < -0.3 is 14.6 Å². The molecule has 3 heteroatoms. The van der Waals surface area contributed by atoms with Crippen LogP contribution >= 0.6 is 0 Å². The van der Waals surface area contributed by atoms with Crippen molar-refractivity contribution in [3.8, 4) is 0 Å². The van der Waals surface area contributed by atoms with E-state index in [0.717, 1.165) is 36.7 Å². The molecule has 0 radical (unpaired) electrons. The number of rotatable bonds is 5. The first-order chi connectivity index (χ1) is 9.28. The molecule has 1 aromatic heterocycles. The van der Waals surface area contributed by atoms with E-state index in [-0.39, 0.29) is 0 Å². The summed E-state index contributed by atoms with van der Waals surface area (Å²) in [5.41, 5.74) is 0. The zero-order valence-corrected chi connectivity index (χ0v) is 12.1. The van der Waals surface area contributed by atoms with Gasteiger partial charge >= 0.3 is 0 Å². The molecule has 3 unspecified atom stereocenters. The third-order valence-electron chi connectivity index (χ3n) is 5.17. The molecule has 2 bridgehead atoms. The molecule has 0 aromatic carbocycles. The first-order valence-electron chi connectivity index (χ1n) is 7.75. The van der Waals surface area contributed by atoms with Gasteiger partial charge in [-0.15, -0.1) is 0 Å². The van der Waals surface area contributed by atoms with Crippen molar-refractivity contribution in [2.45, 2.75) is 57.2 Å². The molecule has 0 aliphatic carbocycles. The van der Waals surface area contributed by atoms with Gasteiger partial charge in [0.2, 0.25) is 0 Å². The Morgan fingerprint density at radius 2 is 2.11 bits per heavy atom. The minimum Gasteiger partial charge on any atom is -0.469 e. The number of likely N-dealkylation sites (N-methyl/N-ethyl adjacent to an activating group) is 1. The third-order valence-corrected chi connectivity index (χ3v) is 5.17. The number of nitrogens with zero attached hydrogens (tertiary/aromatic N) is 1. The van der Waals surface area contributed by atoms with Gasteiger partial charge in [0.25, 0.3) is 0 Å². The molecular formula is C16H26N2O. The lowest BCUT2D eigenvalue weighted by atomic mass is 9.83. The molecule has 3 rings (SSSR count). The highest BCUT2D eigenvalue weighted by molar-refractivity contribution is 5.04. The maximum atomic E-state index is 5.54. The van der Waals surface area contributed by atoms with E-state index in [9.17, 15) is 0 Å². The summed E-state index contributed by atoms with van der Waals surface area (Å²) < 4.78 is 5.54. The summed E-state index contributed by atoms with van der Waals surface area (Å²) in [7, 11) is 2.31. The molecule has 2 aliphatic rings. The Balaban J connectivity index is 1.67. The van der Waals surface area contributed by atoms with E-state index < -0.39 is 0 Å². The van der Waals surface area contributed by atoms with E-state index in [1.54, 1.807) is 6.26 Å². The van der Waals surface area contributed by atoms with Crippen LogP contribution in [0.15, 0.2) is 22.8 Å². The molecule has 2 fully saturated rings. The lowest BCUT2D eigenvalue weighted by Crippen LogP contribution is -2.47.